The van der Waals surface area contributed by atoms with Gasteiger partial charge in [-0.25, -0.2) is 14.6 Å². The maximum atomic E-state index is 10.0. The standard InChI is InChI=1S/C20H25N7O3/c1-4-27-14-10-15(29-11-12-6-5-9-22-12)23-13(7-8-20(2,3)28)16(14)24-19(27)17-18(21)26-30-25-17/h10,12,22,28H,4-6,9,11H2,1-3H3,(H2,21,26)/t12-/m0/s1. The number of aryl methyl sites for hydroxylation is 1. The Bertz CT molecular complexity index is 1110. The Morgan fingerprint density at radius 3 is 2.87 bits per heavy atom. The zero-order valence-electron chi connectivity index (χ0n) is 17.3. The van der Waals surface area contributed by atoms with E-state index in [1.165, 1.54) is 0 Å². The number of nitrogen functional groups attached to an aromatic ring is 1. The molecule has 0 spiro atoms. The van der Waals surface area contributed by atoms with Crippen molar-refractivity contribution in [2.45, 2.75) is 51.8 Å². The fourth-order valence-electron chi connectivity index (χ4n) is 3.41. The van der Waals surface area contributed by atoms with Crippen molar-refractivity contribution < 1.29 is 14.5 Å². The van der Waals surface area contributed by atoms with Crippen molar-refractivity contribution in [1.29, 1.82) is 0 Å². The number of pyridine rings is 1. The first-order chi connectivity index (χ1) is 14.4. The molecular weight excluding hydrogens is 386 g/mol. The van der Waals surface area contributed by atoms with Crippen LogP contribution < -0.4 is 15.8 Å². The number of hydrogen-bond donors (Lipinski definition) is 3. The Labute approximate surface area is 173 Å². The Balaban J connectivity index is 1.83. The Hall–Kier alpha value is -3.16. The average Bonchev–Trinajstić information content (AvgIpc) is 3.43. The van der Waals surface area contributed by atoms with Crippen molar-refractivity contribution in [2.24, 2.45) is 0 Å². The van der Waals surface area contributed by atoms with Crippen molar-refractivity contribution in [2.75, 3.05) is 18.9 Å². The lowest BCUT2D eigenvalue weighted by Crippen LogP contribution is -2.28. The maximum Gasteiger partial charge on any atom is 0.216 e. The number of aromatic nitrogens is 5. The van der Waals surface area contributed by atoms with Gasteiger partial charge in [-0.1, -0.05) is 5.92 Å². The molecule has 0 amide bonds. The molecule has 0 radical (unpaired) electrons. The van der Waals surface area contributed by atoms with Gasteiger partial charge in [-0.2, -0.15) is 0 Å². The molecule has 0 bridgehead atoms. The van der Waals surface area contributed by atoms with Crippen molar-refractivity contribution >= 4 is 16.9 Å². The largest absolute Gasteiger partial charge is 0.476 e. The highest BCUT2D eigenvalue weighted by molar-refractivity contribution is 5.86. The molecule has 4 N–H and O–H groups in total. The Morgan fingerprint density at radius 2 is 2.23 bits per heavy atom. The van der Waals surface area contributed by atoms with Crippen LogP contribution in [0.5, 0.6) is 5.88 Å². The summed E-state index contributed by atoms with van der Waals surface area (Å²) in [7, 11) is 0. The lowest BCUT2D eigenvalue weighted by Gasteiger charge is -2.12. The van der Waals surface area contributed by atoms with Crippen LogP contribution in [0.2, 0.25) is 0 Å². The molecule has 1 aliphatic rings. The molecule has 158 valence electrons. The molecule has 4 heterocycles. The van der Waals surface area contributed by atoms with Gasteiger partial charge in [-0.15, -0.1) is 0 Å². The lowest BCUT2D eigenvalue weighted by atomic mass is 10.1. The average molecular weight is 411 g/mol. The highest BCUT2D eigenvalue weighted by atomic mass is 16.6. The lowest BCUT2D eigenvalue weighted by molar-refractivity contribution is 0.143. The summed E-state index contributed by atoms with van der Waals surface area (Å²) in [6.45, 7) is 7.33. The number of imidazole rings is 1. The number of rotatable bonds is 5. The van der Waals surface area contributed by atoms with E-state index >= 15 is 0 Å². The van der Waals surface area contributed by atoms with Gasteiger partial charge in [-0.3, -0.25) is 0 Å². The summed E-state index contributed by atoms with van der Waals surface area (Å²) in [5, 5.41) is 21.0. The number of aliphatic hydroxyl groups is 1. The maximum absolute atomic E-state index is 10.0. The molecule has 30 heavy (non-hydrogen) atoms. The summed E-state index contributed by atoms with van der Waals surface area (Å²) in [5.74, 6) is 6.86. The molecule has 1 atom stereocenters. The van der Waals surface area contributed by atoms with Gasteiger partial charge in [0.2, 0.25) is 5.88 Å². The summed E-state index contributed by atoms with van der Waals surface area (Å²) in [4.78, 5) is 9.23. The molecule has 0 aliphatic carbocycles. The summed E-state index contributed by atoms with van der Waals surface area (Å²) >= 11 is 0. The molecule has 1 fully saturated rings. The molecule has 0 unspecified atom stereocenters. The predicted molar refractivity (Wildman–Crippen MR) is 111 cm³/mol. The van der Waals surface area contributed by atoms with Crippen LogP contribution in [0, 0.1) is 11.8 Å². The number of fused-ring (bicyclic) bond motifs is 1. The second-order valence-corrected chi connectivity index (χ2v) is 7.77. The first kappa shape index (κ1) is 20.1. The third-order valence-electron chi connectivity index (χ3n) is 4.84. The van der Waals surface area contributed by atoms with Crippen molar-refractivity contribution in [3.63, 3.8) is 0 Å². The third-order valence-corrected chi connectivity index (χ3v) is 4.84. The van der Waals surface area contributed by atoms with Gasteiger partial charge in [-0.05, 0) is 56.4 Å². The molecule has 0 saturated carbocycles. The first-order valence-electron chi connectivity index (χ1n) is 9.97. The van der Waals surface area contributed by atoms with E-state index < -0.39 is 5.60 Å². The summed E-state index contributed by atoms with van der Waals surface area (Å²) < 4.78 is 12.7. The van der Waals surface area contributed by atoms with E-state index in [0.29, 0.717) is 47.8 Å². The van der Waals surface area contributed by atoms with E-state index in [1.807, 2.05) is 17.6 Å². The SMILES string of the molecule is CCn1c(-c2nonc2N)nc2c(C#CC(C)(C)O)nc(OC[C@@H]3CCCN3)cc21. The van der Waals surface area contributed by atoms with Crippen LogP contribution in [0.1, 0.15) is 39.3 Å². The van der Waals surface area contributed by atoms with Crippen molar-refractivity contribution in [1.82, 2.24) is 30.2 Å². The normalized spacial score (nSPS) is 16.6. The number of hydrogen-bond acceptors (Lipinski definition) is 9. The van der Waals surface area contributed by atoms with Gasteiger partial charge in [0.25, 0.3) is 0 Å². The van der Waals surface area contributed by atoms with Crippen molar-refractivity contribution in [3.05, 3.63) is 11.8 Å². The molecule has 0 aromatic carbocycles. The molecule has 10 nitrogen and oxygen atoms in total. The smallest absolute Gasteiger partial charge is 0.216 e. The van der Waals surface area contributed by atoms with E-state index in [-0.39, 0.29) is 5.82 Å². The molecule has 3 aromatic rings. The van der Waals surface area contributed by atoms with Gasteiger partial charge in [0, 0.05) is 18.7 Å². The number of ether oxygens (including phenoxy) is 1. The number of nitrogens with one attached hydrogen (secondary N) is 1. The van der Waals surface area contributed by atoms with Crippen LogP contribution in [0.15, 0.2) is 10.7 Å². The second-order valence-electron chi connectivity index (χ2n) is 7.77. The van der Waals surface area contributed by atoms with Crippen LogP contribution in [-0.4, -0.2) is 54.7 Å². The summed E-state index contributed by atoms with van der Waals surface area (Å²) in [5.41, 5.74) is 6.83. The second kappa shape index (κ2) is 7.93. The monoisotopic (exact) mass is 411 g/mol. The number of nitrogens with two attached hydrogens (primary N) is 1. The minimum atomic E-state index is -1.17. The summed E-state index contributed by atoms with van der Waals surface area (Å²) in [6, 6.07) is 2.14. The Morgan fingerprint density at radius 1 is 1.40 bits per heavy atom. The van der Waals surface area contributed by atoms with Crippen LogP contribution in [-0.2, 0) is 6.54 Å². The minimum absolute atomic E-state index is 0.154. The number of anilines is 1. The predicted octanol–water partition coefficient (Wildman–Crippen LogP) is 1.34. The van der Waals surface area contributed by atoms with E-state index in [2.05, 4.69) is 37.4 Å². The molecule has 10 heteroatoms. The first-order valence-corrected chi connectivity index (χ1v) is 9.97. The van der Waals surface area contributed by atoms with Crippen molar-refractivity contribution in [3.8, 4) is 29.2 Å². The van der Waals surface area contributed by atoms with Crippen LogP contribution in [0.3, 0.4) is 0 Å². The van der Waals surface area contributed by atoms with Gasteiger partial charge in [0.05, 0.1) is 5.52 Å². The Kier molecular flexibility index (Phi) is 5.32. The third kappa shape index (κ3) is 4.08. The molecular formula is C20H25N7O3. The van der Waals surface area contributed by atoms with Gasteiger partial charge in [0.1, 0.15) is 23.4 Å². The fourth-order valence-corrected chi connectivity index (χ4v) is 3.41. The van der Waals surface area contributed by atoms with Gasteiger partial charge < -0.3 is 25.5 Å². The quantitative estimate of drug-likeness (QED) is 0.531. The van der Waals surface area contributed by atoms with Gasteiger partial charge >= 0.3 is 0 Å². The molecule has 3 aromatic heterocycles. The van der Waals surface area contributed by atoms with E-state index in [1.54, 1.807) is 13.8 Å². The van der Waals surface area contributed by atoms with E-state index in [0.717, 1.165) is 24.9 Å². The van der Waals surface area contributed by atoms with Crippen LogP contribution in [0.25, 0.3) is 22.6 Å². The highest BCUT2D eigenvalue weighted by Gasteiger charge is 2.22. The molecule has 1 aliphatic heterocycles. The minimum Gasteiger partial charge on any atom is -0.476 e. The molecule has 1 saturated heterocycles. The van der Waals surface area contributed by atoms with Crippen LogP contribution in [0.4, 0.5) is 5.82 Å². The zero-order chi connectivity index (χ0) is 21.3. The topological polar surface area (TPSA) is 137 Å². The van der Waals surface area contributed by atoms with E-state index in [4.69, 9.17) is 15.1 Å². The van der Waals surface area contributed by atoms with Crippen LogP contribution >= 0.6 is 0 Å². The van der Waals surface area contributed by atoms with Gasteiger partial charge in [0.15, 0.2) is 17.3 Å². The zero-order valence-corrected chi connectivity index (χ0v) is 17.3. The number of nitrogens with zero attached hydrogens (tertiary/aromatic N) is 5. The van der Waals surface area contributed by atoms with E-state index in [9.17, 15) is 5.11 Å². The highest BCUT2D eigenvalue weighted by Crippen LogP contribution is 2.30. The summed E-state index contributed by atoms with van der Waals surface area (Å²) in [6.07, 6.45) is 2.21. The molecule has 4 rings (SSSR count). The fraction of sp³-hybridized carbons (Fsp3) is 0.500.